The van der Waals surface area contributed by atoms with E-state index in [1.54, 1.807) is 7.11 Å². The van der Waals surface area contributed by atoms with Crippen LogP contribution in [-0.2, 0) is 17.9 Å². The van der Waals surface area contributed by atoms with Crippen LogP contribution in [0.15, 0.2) is 57.5 Å². The summed E-state index contributed by atoms with van der Waals surface area (Å²) < 4.78 is 19.5. The lowest BCUT2D eigenvalue weighted by Gasteiger charge is -2.24. The minimum atomic E-state index is -0.108. The molecule has 1 aliphatic heterocycles. The highest BCUT2D eigenvalue weighted by Crippen LogP contribution is 2.31. The number of benzene rings is 2. The first-order valence-corrected chi connectivity index (χ1v) is 9.78. The molecule has 3 heterocycles. The summed E-state index contributed by atoms with van der Waals surface area (Å²) in [4.78, 5) is 4.48. The van der Waals surface area contributed by atoms with Gasteiger partial charge in [0.25, 0.3) is 5.89 Å². The fourth-order valence-corrected chi connectivity index (χ4v) is 3.66. The maximum atomic E-state index is 6.05. The number of hydrogen-bond donors (Lipinski definition) is 0. The summed E-state index contributed by atoms with van der Waals surface area (Å²) in [5.74, 6) is 1.63. The van der Waals surface area contributed by atoms with Gasteiger partial charge in [-0.25, -0.2) is 4.68 Å². The molecule has 8 nitrogen and oxygen atoms in total. The molecule has 2 aromatic carbocycles. The van der Waals surface area contributed by atoms with Crippen LogP contribution < -0.4 is 4.74 Å². The highest BCUT2D eigenvalue weighted by atomic mass is 79.9. The maximum Gasteiger partial charge on any atom is 0.280 e. The zero-order chi connectivity index (χ0) is 19.8. The average Bonchev–Trinajstić information content (AvgIpc) is 3.40. The van der Waals surface area contributed by atoms with Crippen LogP contribution >= 0.6 is 15.9 Å². The summed E-state index contributed by atoms with van der Waals surface area (Å²) >= 11 is 3.45. The van der Waals surface area contributed by atoms with Crippen LogP contribution in [0, 0.1) is 0 Å². The van der Waals surface area contributed by atoms with Crippen molar-refractivity contribution in [2.45, 2.75) is 19.3 Å². The summed E-state index contributed by atoms with van der Waals surface area (Å²) in [6, 6.07) is 15.5. The molecular formula is C20H16BrN5O3. The normalized spacial score (nSPS) is 15.9. The quantitative estimate of drug-likeness (QED) is 0.460. The van der Waals surface area contributed by atoms with Gasteiger partial charge in [-0.1, -0.05) is 50.6 Å². The first-order chi connectivity index (χ1) is 14.2. The van der Waals surface area contributed by atoms with E-state index in [-0.39, 0.29) is 6.10 Å². The number of halogens is 1. The van der Waals surface area contributed by atoms with Crippen LogP contribution in [-0.4, -0.2) is 32.2 Å². The second-order valence-corrected chi connectivity index (χ2v) is 7.49. The fraction of sp³-hybridized carbons (Fsp3) is 0.200. The third-order valence-corrected chi connectivity index (χ3v) is 5.29. The summed E-state index contributed by atoms with van der Waals surface area (Å²) in [6.45, 7) is 0.912. The molecule has 146 valence electrons. The molecule has 0 saturated carbocycles. The lowest BCUT2D eigenvalue weighted by atomic mass is 10.1. The Morgan fingerprint density at radius 1 is 1.17 bits per heavy atom. The van der Waals surface area contributed by atoms with Crippen LogP contribution in [0.2, 0.25) is 0 Å². The van der Waals surface area contributed by atoms with Gasteiger partial charge in [-0.05, 0) is 29.8 Å². The van der Waals surface area contributed by atoms with E-state index in [1.165, 1.54) is 0 Å². The topological polar surface area (TPSA) is 88.1 Å². The predicted molar refractivity (Wildman–Crippen MR) is 107 cm³/mol. The zero-order valence-electron chi connectivity index (χ0n) is 15.4. The van der Waals surface area contributed by atoms with Crippen molar-refractivity contribution in [3.8, 4) is 28.7 Å². The molecule has 0 amide bonds. The van der Waals surface area contributed by atoms with Crippen molar-refractivity contribution in [2.75, 3.05) is 7.11 Å². The van der Waals surface area contributed by atoms with Gasteiger partial charge in [0.2, 0.25) is 5.82 Å². The molecule has 4 aromatic rings. The van der Waals surface area contributed by atoms with E-state index in [9.17, 15) is 0 Å². The standard InChI is InChI=1S/C20H16BrN5O3/c1-27-15-7-5-12(6-8-15)17-10-26-16(11-28-17)18(23-25-26)20-22-19(24-29-20)13-3-2-4-14(21)9-13/h2-9,17H,10-11H2,1H3/t17-/m1/s1. The number of methoxy groups -OCH3 is 1. The molecule has 0 N–H and O–H groups in total. The van der Waals surface area contributed by atoms with Crippen LogP contribution in [0.5, 0.6) is 5.75 Å². The van der Waals surface area contributed by atoms with Crippen molar-refractivity contribution in [3.05, 3.63) is 64.3 Å². The number of aromatic nitrogens is 5. The lowest BCUT2D eigenvalue weighted by molar-refractivity contribution is -0.00119. The molecule has 2 aromatic heterocycles. The Hall–Kier alpha value is -3.04. The number of fused-ring (bicyclic) bond motifs is 1. The van der Waals surface area contributed by atoms with Gasteiger partial charge < -0.3 is 14.0 Å². The van der Waals surface area contributed by atoms with Crippen molar-refractivity contribution in [1.29, 1.82) is 0 Å². The fourth-order valence-electron chi connectivity index (χ4n) is 3.26. The van der Waals surface area contributed by atoms with E-state index < -0.39 is 0 Å². The summed E-state index contributed by atoms with van der Waals surface area (Å²) in [6.07, 6.45) is -0.108. The molecule has 9 heteroatoms. The van der Waals surface area contributed by atoms with E-state index >= 15 is 0 Å². The third kappa shape index (κ3) is 3.43. The second-order valence-electron chi connectivity index (χ2n) is 6.57. The van der Waals surface area contributed by atoms with Gasteiger partial charge in [0.05, 0.1) is 26.0 Å². The van der Waals surface area contributed by atoms with Gasteiger partial charge in [-0.3, -0.25) is 0 Å². The summed E-state index contributed by atoms with van der Waals surface area (Å²) in [7, 11) is 1.65. The first kappa shape index (κ1) is 18.0. The molecular weight excluding hydrogens is 438 g/mol. The van der Waals surface area contributed by atoms with Crippen LogP contribution in [0.4, 0.5) is 0 Å². The Morgan fingerprint density at radius 3 is 2.83 bits per heavy atom. The lowest BCUT2D eigenvalue weighted by Crippen LogP contribution is -2.22. The molecule has 5 rings (SSSR count). The van der Waals surface area contributed by atoms with E-state index in [0.717, 1.165) is 27.0 Å². The second kappa shape index (κ2) is 7.41. The Balaban J connectivity index is 1.39. The highest BCUT2D eigenvalue weighted by molar-refractivity contribution is 9.10. The van der Waals surface area contributed by atoms with Crippen molar-refractivity contribution >= 4 is 15.9 Å². The average molecular weight is 454 g/mol. The SMILES string of the molecule is COc1ccc([C@H]2Cn3nnc(-c4nc(-c5cccc(Br)c5)no4)c3CO2)cc1. The van der Waals surface area contributed by atoms with Gasteiger partial charge in [0, 0.05) is 10.0 Å². The van der Waals surface area contributed by atoms with Crippen molar-refractivity contribution in [1.82, 2.24) is 25.1 Å². The van der Waals surface area contributed by atoms with Crippen LogP contribution in [0.1, 0.15) is 17.4 Å². The molecule has 0 saturated heterocycles. The molecule has 0 spiro atoms. The monoisotopic (exact) mass is 453 g/mol. The van der Waals surface area contributed by atoms with Gasteiger partial charge in [0.1, 0.15) is 11.9 Å². The van der Waals surface area contributed by atoms with E-state index in [1.807, 2.05) is 53.2 Å². The molecule has 0 fully saturated rings. The van der Waals surface area contributed by atoms with Gasteiger partial charge in [-0.15, -0.1) is 5.10 Å². The Morgan fingerprint density at radius 2 is 2.03 bits per heavy atom. The molecule has 0 radical (unpaired) electrons. The zero-order valence-corrected chi connectivity index (χ0v) is 17.0. The number of hydrogen-bond acceptors (Lipinski definition) is 7. The van der Waals surface area contributed by atoms with Gasteiger partial charge >= 0.3 is 0 Å². The van der Waals surface area contributed by atoms with Crippen LogP contribution in [0.3, 0.4) is 0 Å². The minimum Gasteiger partial charge on any atom is -0.497 e. The van der Waals surface area contributed by atoms with Crippen molar-refractivity contribution < 1.29 is 14.0 Å². The third-order valence-electron chi connectivity index (χ3n) is 4.80. The molecule has 0 bridgehead atoms. The van der Waals surface area contributed by atoms with Gasteiger partial charge in [-0.2, -0.15) is 4.98 Å². The largest absolute Gasteiger partial charge is 0.497 e. The summed E-state index contributed by atoms with van der Waals surface area (Å²) in [5.41, 5.74) is 3.28. The molecule has 29 heavy (non-hydrogen) atoms. The Kier molecular flexibility index (Phi) is 4.61. The van der Waals surface area contributed by atoms with E-state index in [4.69, 9.17) is 14.0 Å². The van der Waals surface area contributed by atoms with E-state index in [2.05, 4.69) is 36.4 Å². The van der Waals surface area contributed by atoms with Gasteiger partial charge in [0.15, 0.2) is 5.69 Å². The Labute approximate surface area is 174 Å². The number of rotatable bonds is 4. The molecule has 0 aliphatic carbocycles. The number of nitrogens with zero attached hydrogens (tertiary/aromatic N) is 5. The summed E-state index contributed by atoms with van der Waals surface area (Å²) in [5, 5.41) is 12.6. The Bertz CT molecular complexity index is 1160. The number of ether oxygens (including phenoxy) is 2. The molecule has 0 unspecified atom stereocenters. The smallest absolute Gasteiger partial charge is 0.280 e. The van der Waals surface area contributed by atoms with Crippen LogP contribution in [0.25, 0.3) is 23.0 Å². The molecule has 1 aliphatic rings. The highest BCUT2D eigenvalue weighted by Gasteiger charge is 2.28. The first-order valence-electron chi connectivity index (χ1n) is 8.99. The van der Waals surface area contributed by atoms with E-state index in [0.29, 0.717) is 30.6 Å². The molecule has 1 atom stereocenters. The van der Waals surface area contributed by atoms with Crippen molar-refractivity contribution in [3.63, 3.8) is 0 Å². The predicted octanol–water partition coefficient (Wildman–Crippen LogP) is 4.04. The maximum absolute atomic E-state index is 6.05. The van der Waals surface area contributed by atoms with Crippen molar-refractivity contribution in [2.24, 2.45) is 0 Å². The minimum absolute atomic E-state index is 0.108.